The quantitative estimate of drug-likeness (QED) is 0.546. The summed E-state index contributed by atoms with van der Waals surface area (Å²) in [6, 6.07) is 5.55. The second kappa shape index (κ2) is 7.75. The van der Waals surface area contributed by atoms with Gasteiger partial charge in [-0.25, -0.2) is 4.79 Å². The third-order valence-electron chi connectivity index (χ3n) is 2.61. The van der Waals surface area contributed by atoms with Crippen molar-refractivity contribution in [3.8, 4) is 5.75 Å². The molecule has 3 heteroatoms. The molecular formula is C15H22O3. The second-order valence-electron chi connectivity index (χ2n) is 4.29. The van der Waals surface area contributed by atoms with Crippen molar-refractivity contribution in [2.75, 3.05) is 13.2 Å². The number of carbonyl (C=O) groups is 1. The number of aryl methyl sites for hydroxylation is 1. The van der Waals surface area contributed by atoms with Crippen molar-refractivity contribution >= 4 is 5.97 Å². The van der Waals surface area contributed by atoms with Crippen LogP contribution in [0.3, 0.4) is 0 Å². The number of benzene rings is 1. The van der Waals surface area contributed by atoms with Crippen molar-refractivity contribution in [1.29, 1.82) is 0 Å². The Labute approximate surface area is 109 Å². The van der Waals surface area contributed by atoms with Gasteiger partial charge in [0.05, 0.1) is 13.2 Å². The highest BCUT2D eigenvalue weighted by atomic mass is 16.5. The Kier molecular flexibility index (Phi) is 6.26. The van der Waals surface area contributed by atoms with Crippen LogP contribution in [0.5, 0.6) is 5.75 Å². The second-order valence-corrected chi connectivity index (χ2v) is 4.29. The first-order valence-corrected chi connectivity index (χ1v) is 6.60. The molecule has 0 bridgehead atoms. The molecule has 1 aromatic rings. The van der Waals surface area contributed by atoms with Gasteiger partial charge in [0.15, 0.2) is 0 Å². The molecule has 1 rings (SSSR count). The monoisotopic (exact) mass is 250 g/mol. The summed E-state index contributed by atoms with van der Waals surface area (Å²) in [5, 5.41) is 0. The summed E-state index contributed by atoms with van der Waals surface area (Å²) in [6.07, 6.45) is 2.82. The Bertz CT molecular complexity index is 385. The predicted octanol–water partition coefficient (Wildman–Crippen LogP) is 3.74. The van der Waals surface area contributed by atoms with Gasteiger partial charge >= 0.3 is 5.97 Å². The van der Waals surface area contributed by atoms with Crippen LogP contribution in [0, 0.1) is 6.92 Å². The molecule has 0 spiro atoms. The minimum absolute atomic E-state index is 0.293. The molecule has 18 heavy (non-hydrogen) atoms. The molecule has 0 saturated carbocycles. The summed E-state index contributed by atoms with van der Waals surface area (Å²) in [5.41, 5.74) is 1.49. The van der Waals surface area contributed by atoms with Crippen molar-refractivity contribution in [2.45, 2.75) is 40.0 Å². The van der Waals surface area contributed by atoms with Crippen LogP contribution in [0.15, 0.2) is 18.2 Å². The van der Waals surface area contributed by atoms with Gasteiger partial charge in [-0.1, -0.05) is 32.4 Å². The van der Waals surface area contributed by atoms with Crippen molar-refractivity contribution in [1.82, 2.24) is 0 Å². The molecule has 3 nitrogen and oxygen atoms in total. The van der Waals surface area contributed by atoms with Crippen LogP contribution in [0.1, 0.15) is 49.0 Å². The Balaban J connectivity index is 2.79. The molecule has 0 aromatic heterocycles. The summed E-state index contributed by atoms with van der Waals surface area (Å²) in [6.45, 7) is 7.12. The van der Waals surface area contributed by atoms with E-state index < -0.39 is 0 Å². The van der Waals surface area contributed by atoms with Gasteiger partial charge in [-0.15, -0.1) is 0 Å². The van der Waals surface area contributed by atoms with E-state index in [1.807, 2.05) is 26.0 Å². The van der Waals surface area contributed by atoms with E-state index in [4.69, 9.17) is 9.47 Å². The fraction of sp³-hybridized carbons (Fsp3) is 0.533. The molecule has 0 amide bonds. The summed E-state index contributed by atoms with van der Waals surface area (Å²) in [4.78, 5) is 12.0. The lowest BCUT2D eigenvalue weighted by Crippen LogP contribution is -2.10. The predicted molar refractivity (Wildman–Crippen MR) is 72.2 cm³/mol. The van der Waals surface area contributed by atoms with Crippen LogP contribution in [-0.4, -0.2) is 19.2 Å². The molecule has 1 aromatic carbocycles. The number of ether oxygens (including phenoxy) is 2. The lowest BCUT2D eigenvalue weighted by atomic mass is 10.1. The third kappa shape index (κ3) is 4.06. The number of para-hydroxylation sites is 1. The smallest absolute Gasteiger partial charge is 0.341 e. The first-order chi connectivity index (χ1) is 8.70. The van der Waals surface area contributed by atoms with Gasteiger partial charge in [0.2, 0.25) is 0 Å². The molecule has 0 radical (unpaired) electrons. The third-order valence-corrected chi connectivity index (χ3v) is 2.61. The average Bonchev–Trinajstić information content (AvgIpc) is 2.37. The zero-order valence-corrected chi connectivity index (χ0v) is 11.5. The first-order valence-electron chi connectivity index (χ1n) is 6.60. The van der Waals surface area contributed by atoms with E-state index in [1.165, 1.54) is 0 Å². The van der Waals surface area contributed by atoms with Gasteiger partial charge in [-0.05, 0) is 31.4 Å². The van der Waals surface area contributed by atoms with Crippen LogP contribution in [0.4, 0.5) is 0 Å². The van der Waals surface area contributed by atoms with Crippen LogP contribution < -0.4 is 4.74 Å². The maximum absolute atomic E-state index is 12.0. The standard InChI is InChI=1S/C15H22O3/c1-4-6-11-18-15(16)13-9-7-8-12(3)14(13)17-10-5-2/h7-9H,4-6,10-11H2,1-3H3. The Morgan fingerprint density at radius 2 is 1.94 bits per heavy atom. The maximum atomic E-state index is 12.0. The van der Waals surface area contributed by atoms with E-state index in [1.54, 1.807) is 6.07 Å². The van der Waals surface area contributed by atoms with E-state index in [9.17, 15) is 4.79 Å². The van der Waals surface area contributed by atoms with Gasteiger partial charge in [-0.2, -0.15) is 0 Å². The highest BCUT2D eigenvalue weighted by molar-refractivity contribution is 5.93. The summed E-state index contributed by atoms with van der Waals surface area (Å²) >= 11 is 0. The topological polar surface area (TPSA) is 35.5 Å². The van der Waals surface area contributed by atoms with Gasteiger partial charge in [-0.3, -0.25) is 0 Å². The number of hydrogen-bond donors (Lipinski definition) is 0. The first kappa shape index (κ1) is 14.6. The molecule has 0 aliphatic heterocycles. The number of hydrogen-bond acceptors (Lipinski definition) is 3. The number of carbonyl (C=O) groups excluding carboxylic acids is 1. The summed E-state index contributed by atoms with van der Waals surface area (Å²) < 4.78 is 10.9. The highest BCUT2D eigenvalue weighted by Crippen LogP contribution is 2.24. The van der Waals surface area contributed by atoms with Crippen LogP contribution >= 0.6 is 0 Å². The fourth-order valence-corrected chi connectivity index (χ4v) is 1.60. The Hall–Kier alpha value is -1.51. The van der Waals surface area contributed by atoms with E-state index >= 15 is 0 Å². The van der Waals surface area contributed by atoms with Crippen molar-refractivity contribution < 1.29 is 14.3 Å². The zero-order valence-electron chi connectivity index (χ0n) is 11.5. The SMILES string of the molecule is CCCCOC(=O)c1cccc(C)c1OCCC. The van der Waals surface area contributed by atoms with E-state index in [0.717, 1.165) is 24.8 Å². The molecule has 0 atom stereocenters. The molecule has 0 heterocycles. The number of esters is 1. The van der Waals surface area contributed by atoms with Gasteiger partial charge in [0.1, 0.15) is 11.3 Å². The molecule has 0 saturated heterocycles. The Morgan fingerprint density at radius 3 is 2.61 bits per heavy atom. The Morgan fingerprint density at radius 1 is 1.17 bits per heavy atom. The van der Waals surface area contributed by atoms with Crippen molar-refractivity contribution in [3.63, 3.8) is 0 Å². The number of unbranched alkanes of at least 4 members (excludes halogenated alkanes) is 1. The highest BCUT2D eigenvalue weighted by Gasteiger charge is 2.15. The van der Waals surface area contributed by atoms with E-state index in [2.05, 4.69) is 6.92 Å². The molecule has 0 unspecified atom stereocenters. The van der Waals surface area contributed by atoms with Gasteiger partial charge in [0.25, 0.3) is 0 Å². The molecule has 0 fully saturated rings. The van der Waals surface area contributed by atoms with E-state index in [-0.39, 0.29) is 5.97 Å². The molecule has 0 N–H and O–H groups in total. The van der Waals surface area contributed by atoms with Crippen molar-refractivity contribution in [2.24, 2.45) is 0 Å². The largest absolute Gasteiger partial charge is 0.492 e. The average molecular weight is 250 g/mol. The zero-order chi connectivity index (χ0) is 13.4. The van der Waals surface area contributed by atoms with Gasteiger partial charge in [0, 0.05) is 0 Å². The molecule has 0 aliphatic rings. The van der Waals surface area contributed by atoms with Crippen molar-refractivity contribution in [3.05, 3.63) is 29.3 Å². The normalized spacial score (nSPS) is 10.2. The minimum atomic E-state index is -0.293. The molecule has 0 aliphatic carbocycles. The summed E-state index contributed by atoms with van der Waals surface area (Å²) in [7, 11) is 0. The molecular weight excluding hydrogens is 228 g/mol. The van der Waals surface area contributed by atoms with Crippen LogP contribution in [0.2, 0.25) is 0 Å². The van der Waals surface area contributed by atoms with Crippen LogP contribution in [0.25, 0.3) is 0 Å². The number of rotatable bonds is 7. The minimum Gasteiger partial charge on any atom is -0.492 e. The summed E-state index contributed by atoms with van der Waals surface area (Å²) in [5.74, 6) is 0.360. The fourth-order valence-electron chi connectivity index (χ4n) is 1.60. The molecule has 100 valence electrons. The van der Waals surface area contributed by atoms with E-state index in [0.29, 0.717) is 24.5 Å². The lowest BCUT2D eigenvalue weighted by molar-refractivity contribution is 0.0495. The maximum Gasteiger partial charge on any atom is 0.341 e. The van der Waals surface area contributed by atoms with Gasteiger partial charge < -0.3 is 9.47 Å². The van der Waals surface area contributed by atoms with Crippen LogP contribution in [-0.2, 0) is 4.74 Å². The lowest BCUT2D eigenvalue weighted by Gasteiger charge is -2.13.